The Labute approximate surface area is 116 Å². The molecule has 0 saturated carbocycles. The van der Waals surface area contributed by atoms with Gasteiger partial charge in [0.05, 0.1) is 15.9 Å². The summed E-state index contributed by atoms with van der Waals surface area (Å²) >= 11 is 0. The number of ether oxygens (including phenoxy) is 1. The van der Waals surface area contributed by atoms with Gasteiger partial charge < -0.3 is 10.1 Å². The molecule has 1 aliphatic heterocycles. The maximum absolute atomic E-state index is 11.2. The number of anilines is 1. The number of rotatable bonds is 5. The molecule has 9 heteroatoms. The highest BCUT2D eigenvalue weighted by atomic mass is 32.2. The molecular weight excluding hydrogens is 286 g/mol. The van der Waals surface area contributed by atoms with Crippen molar-refractivity contribution >= 4 is 21.4 Å². The van der Waals surface area contributed by atoms with Gasteiger partial charge >= 0.3 is 0 Å². The van der Waals surface area contributed by atoms with Crippen LogP contribution in [0.2, 0.25) is 0 Å². The Morgan fingerprint density at radius 1 is 1.50 bits per heavy atom. The highest BCUT2D eigenvalue weighted by Gasteiger charge is 2.21. The number of nitro groups is 1. The van der Waals surface area contributed by atoms with E-state index in [1.54, 1.807) is 0 Å². The molecule has 3 N–H and O–H groups in total. The Hall–Kier alpha value is -1.71. The Morgan fingerprint density at radius 2 is 2.25 bits per heavy atom. The second kappa shape index (κ2) is 5.73. The molecule has 1 aromatic rings. The van der Waals surface area contributed by atoms with E-state index in [4.69, 9.17) is 9.88 Å². The molecule has 0 radical (unpaired) electrons. The number of hydrogen-bond acceptors (Lipinski definition) is 6. The van der Waals surface area contributed by atoms with Crippen LogP contribution in [0, 0.1) is 10.1 Å². The second-order valence-electron chi connectivity index (χ2n) is 4.50. The predicted molar refractivity (Wildman–Crippen MR) is 71.9 cm³/mol. The van der Waals surface area contributed by atoms with Crippen LogP contribution in [0.4, 0.5) is 11.4 Å². The Kier molecular flexibility index (Phi) is 4.21. The van der Waals surface area contributed by atoms with E-state index in [2.05, 4.69) is 5.32 Å². The first-order chi connectivity index (χ1) is 9.38. The number of nitrogens with two attached hydrogens (primary N) is 1. The average molecular weight is 301 g/mol. The molecule has 0 unspecified atom stereocenters. The highest BCUT2D eigenvalue weighted by molar-refractivity contribution is 7.89. The van der Waals surface area contributed by atoms with Crippen molar-refractivity contribution in [1.82, 2.24) is 0 Å². The van der Waals surface area contributed by atoms with Crippen LogP contribution in [0.5, 0.6) is 0 Å². The smallest absolute Gasteiger partial charge is 0.293 e. The lowest BCUT2D eigenvalue weighted by Crippen LogP contribution is -2.19. The van der Waals surface area contributed by atoms with Gasteiger partial charge in [0.2, 0.25) is 10.0 Å². The molecule has 2 rings (SSSR count). The van der Waals surface area contributed by atoms with Gasteiger partial charge in [-0.15, -0.1) is 0 Å². The third-order valence-electron chi connectivity index (χ3n) is 3.04. The topological polar surface area (TPSA) is 125 Å². The monoisotopic (exact) mass is 301 g/mol. The van der Waals surface area contributed by atoms with Crippen molar-refractivity contribution in [2.45, 2.75) is 23.8 Å². The van der Waals surface area contributed by atoms with E-state index in [1.165, 1.54) is 12.1 Å². The average Bonchev–Trinajstić information content (AvgIpc) is 2.88. The van der Waals surface area contributed by atoms with Gasteiger partial charge in [-0.3, -0.25) is 10.1 Å². The highest BCUT2D eigenvalue weighted by Crippen LogP contribution is 2.27. The number of hydrogen-bond donors (Lipinski definition) is 2. The lowest BCUT2D eigenvalue weighted by molar-refractivity contribution is -0.384. The van der Waals surface area contributed by atoms with Crippen molar-refractivity contribution in [3.05, 3.63) is 28.3 Å². The van der Waals surface area contributed by atoms with Crippen LogP contribution in [-0.4, -0.2) is 32.6 Å². The minimum atomic E-state index is -3.96. The van der Waals surface area contributed by atoms with E-state index in [0.29, 0.717) is 13.2 Å². The molecule has 110 valence electrons. The third kappa shape index (κ3) is 3.44. The molecule has 0 aliphatic carbocycles. The fourth-order valence-electron chi connectivity index (χ4n) is 2.02. The summed E-state index contributed by atoms with van der Waals surface area (Å²) in [4.78, 5) is 10.1. The number of nitro benzene ring substituents is 1. The number of sulfonamides is 1. The summed E-state index contributed by atoms with van der Waals surface area (Å²) in [6.45, 7) is 1.13. The third-order valence-corrected chi connectivity index (χ3v) is 3.95. The number of nitrogens with zero attached hydrogens (tertiary/aromatic N) is 1. The van der Waals surface area contributed by atoms with Crippen molar-refractivity contribution < 1.29 is 18.1 Å². The molecule has 0 bridgehead atoms. The first-order valence-electron chi connectivity index (χ1n) is 6.04. The van der Waals surface area contributed by atoms with Gasteiger partial charge in [0.1, 0.15) is 5.69 Å². The normalized spacial score (nSPS) is 18.9. The number of nitrogens with one attached hydrogen (secondary N) is 1. The Morgan fingerprint density at radius 3 is 2.80 bits per heavy atom. The zero-order valence-corrected chi connectivity index (χ0v) is 11.4. The minimum Gasteiger partial charge on any atom is -0.377 e. The molecule has 1 fully saturated rings. The summed E-state index contributed by atoms with van der Waals surface area (Å²) in [6.07, 6.45) is 1.89. The van der Waals surface area contributed by atoms with Crippen LogP contribution < -0.4 is 10.5 Å². The van der Waals surface area contributed by atoms with Gasteiger partial charge in [0.15, 0.2) is 0 Å². The lowest BCUT2D eigenvalue weighted by Gasteiger charge is -2.12. The Balaban J connectivity index is 2.21. The zero-order chi connectivity index (χ0) is 14.8. The molecular formula is C11H15N3O5S. The number of primary sulfonamides is 1. The van der Waals surface area contributed by atoms with Crippen molar-refractivity contribution in [3.8, 4) is 0 Å². The Bertz CT molecular complexity index is 610. The van der Waals surface area contributed by atoms with Crippen LogP contribution in [0.3, 0.4) is 0 Å². The fourth-order valence-corrected chi connectivity index (χ4v) is 2.55. The van der Waals surface area contributed by atoms with Crippen LogP contribution in [0.15, 0.2) is 23.1 Å². The summed E-state index contributed by atoms with van der Waals surface area (Å²) in [5.41, 5.74) is -0.0765. The molecule has 1 aliphatic rings. The van der Waals surface area contributed by atoms with Gasteiger partial charge in [-0.1, -0.05) is 0 Å². The molecule has 0 spiro atoms. The molecule has 0 amide bonds. The second-order valence-corrected chi connectivity index (χ2v) is 6.06. The molecule has 1 heterocycles. The van der Waals surface area contributed by atoms with Crippen LogP contribution in [0.25, 0.3) is 0 Å². The molecule has 1 saturated heterocycles. The van der Waals surface area contributed by atoms with E-state index in [1.807, 2.05) is 0 Å². The quantitative estimate of drug-likeness (QED) is 0.613. The van der Waals surface area contributed by atoms with E-state index >= 15 is 0 Å². The standard InChI is InChI=1S/C11H15N3O5S/c12-20(17,18)9-3-4-10(11(6-9)14(15)16)13-7-8-2-1-5-19-8/h3-4,6,8,13H,1-2,5,7H2,(H2,12,17,18)/t8-/m1/s1. The first-order valence-corrected chi connectivity index (χ1v) is 7.59. The van der Waals surface area contributed by atoms with Gasteiger partial charge in [-0.2, -0.15) is 0 Å². The van der Waals surface area contributed by atoms with E-state index in [9.17, 15) is 18.5 Å². The lowest BCUT2D eigenvalue weighted by atomic mass is 10.2. The van der Waals surface area contributed by atoms with E-state index < -0.39 is 14.9 Å². The summed E-state index contributed by atoms with van der Waals surface area (Å²) in [6, 6.07) is 3.53. The summed E-state index contributed by atoms with van der Waals surface area (Å²) in [5.74, 6) is 0. The van der Waals surface area contributed by atoms with Crippen molar-refractivity contribution in [1.29, 1.82) is 0 Å². The van der Waals surface area contributed by atoms with Crippen LogP contribution >= 0.6 is 0 Å². The molecule has 1 atom stereocenters. The maximum atomic E-state index is 11.2. The van der Waals surface area contributed by atoms with E-state index in [0.717, 1.165) is 18.9 Å². The van der Waals surface area contributed by atoms with Crippen LogP contribution in [0.1, 0.15) is 12.8 Å². The minimum absolute atomic E-state index is 0.0209. The van der Waals surface area contributed by atoms with Gasteiger partial charge in [-0.25, -0.2) is 13.6 Å². The molecule has 8 nitrogen and oxygen atoms in total. The van der Waals surface area contributed by atoms with Crippen molar-refractivity contribution in [3.63, 3.8) is 0 Å². The van der Waals surface area contributed by atoms with Gasteiger partial charge in [0.25, 0.3) is 5.69 Å². The molecule has 20 heavy (non-hydrogen) atoms. The van der Waals surface area contributed by atoms with Gasteiger partial charge in [-0.05, 0) is 25.0 Å². The van der Waals surface area contributed by atoms with Gasteiger partial charge in [0, 0.05) is 19.2 Å². The summed E-state index contributed by atoms with van der Waals surface area (Å²) in [7, 11) is -3.96. The number of benzene rings is 1. The molecule has 0 aromatic heterocycles. The van der Waals surface area contributed by atoms with E-state index in [-0.39, 0.29) is 22.4 Å². The molecule has 1 aromatic carbocycles. The zero-order valence-electron chi connectivity index (χ0n) is 10.6. The summed E-state index contributed by atoms with van der Waals surface area (Å²) in [5, 5.41) is 18.9. The first kappa shape index (κ1) is 14.7. The fraction of sp³-hybridized carbons (Fsp3) is 0.455. The largest absolute Gasteiger partial charge is 0.377 e. The van der Waals surface area contributed by atoms with Crippen LogP contribution in [-0.2, 0) is 14.8 Å². The van der Waals surface area contributed by atoms with Crippen molar-refractivity contribution in [2.75, 3.05) is 18.5 Å². The summed E-state index contributed by atoms with van der Waals surface area (Å²) < 4.78 is 27.8. The maximum Gasteiger partial charge on any atom is 0.293 e. The van der Waals surface area contributed by atoms with Crippen molar-refractivity contribution in [2.24, 2.45) is 5.14 Å². The SMILES string of the molecule is NS(=O)(=O)c1ccc(NC[C@H]2CCCO2)c([N+](=O)[O-])c1. The predicted octanol–water partition coefficient (Wildman–Crippen LogP) is 0.833.